The van der Waals surface area contributed by atoms with E-state index in [9.17, 15) is 4.79 Å². The monoisotopic (exact) mass is 226 g/mol. The number of Topliss-reactive ketones (excluding diaryl/α,β-unsaturated/α-hetero) is 1. The molecule has 0 bridgehead atoms. The van der Waals surface area contributed by atoms with Gasteiger partial charge in [0, 0.05) is 36.3 Å². The number of hydrogen-bond donors (Lipinski definition) is 0. The molecule has 1 aromatic rings. The molecule has 0 aliphatic rings. The molecular formula is C12H18O2S. The highest BCUT2D eigenvalue weighted by atomic mass is 32.1. The first-order chi connectivity index (χ1) is 7.26. The number of ether oxygens (including phenoxy) is 1. The molecule has 0 amide bonds. The van der Waals surface area contributed by atoms with Gasteiger partial charge in [0.05, 0.1) is 0 Å². The molecule has 0 aliphatic carbocycles. The van der Waals surface area contributed by atoms with Crippen molar-refractivity contribution in [2.24, 2.45) is 0 Å². The Hall–Kier alpha value is -0.670. The zero-order chi connectivity index (χ0) is 11.1. The van der Waals surface area contributed by atoms with Gasteiger partial charge in [0.1, 0.15) is 5.78 Å². The molecule has 0 saturated heterocycles. The molecule has 2 nitrogen and oxygen atoms in total. The summed E-state index contributed by atoms with van der Waals surface area (Å²) >= 11 is 1.75. The molecule has 3 heteroatoms. The van der Waals surface area contributed by atoms with Crippen LogP contribution in [0.15, 0.2) is 12.1 Å². The van der Waals surface area contributed by atoms with Crippen molar-refractivity contribution in [1.82, 2.24) is 0 Å². The van der Waals surface area contributed by atoms with Crippen molar-refractivity contribution in [3.8, 4) is 0 Å². The summed E-state index contributed by atoms with van der Waals surface area (Å²) in [6.07, 6.45) is 3.12. The largest absolute Gasteiger partial charge is 0.385 e. The molecule has 0 aliphatic heterocycles. The fourth-order valence-electron chi connectivity index (χ4n) is 1.40. The lowest BCUT2D eigenvalue weighted by Crippen LogP contribution is -2.02. The van der Waals surface area contributed by atoms with E-state index < -0.39 is 0 Å². The molecule has 0 fully saturated rings. The summed E-state index contributed by atoms with van der Waals surface area (Å²) < 4.78 is 4.91. The van der Waals surface area contributed by atoms with Gasteiger partial charge in [0.25, 0.3) is 0 Å². The standard InChI is InChI=1S/C12H18O2S/c1-3-11-6-7-12(15-11)9-10(13)5-4-8-14-2/h6-7H,3-5,8-9H2,1-2H3. The van der Waals surface area contributed by atoms with Gasteiger partial charge in [0.15, 0.2) is 0 Å². The molecule has 0 unspecified atom stereocenters. The lowest BCUT2D eigenvalue weighted by molar-refractivity contribution is -0.118. The predicted molar refractivity (Wildman–Crippen MR) is 63.5 cm³/mol. The smallest absolute Gasteiger partial charge is 0.138 e. The number of aryl methyl sites for hydroxylation is 1. The van der Waals surface area contributed by atoms with Crippen LogP contribution in [-0.2, 0) is 22.4 Å². The Bertz CT molecular complexity index is 304. The summed E-state index contributed by atoms with van der Waals surface area (Å²) in [6.45, 7) is 2.81. The van der Waals surface area contributed by atoms with Gasteiger partial charge in [-0.1, -0.05) is 6.92 Å². The Morgan fingerprint density at radius 1 is 1.40 bits per heavy atom. The molecule has 0 radical (unpaired) electrons. The highest BCUT2D eigenvalue weighted by Gasteiger charge is 2.05. The third kappa shape index (κ3) is 4.58. The predicted octanol–water partition coefficient (Wildman–Crippen LogP) is 2.85. The number of rotatable bonds is 7. The summed E-state index contributed by atoms with van der Waals surface area (Å²) in [5.41, 5.74) is 0. The first kappa shape index (κ1) is 12.4. The lowest BCUT2D eigenvalue weighted by atomic mass is 10.1. The van der Waals surface area contributed by atoms with Crippen LogP contribution in [0.1, 0.15) is 29.5 Å². The summed E-state index contributed by atoms with van der Waals surface area (Å²) in [5, 5.41) is 0. The number of carbonyl (C=O) groups is 1. The van der Waals surface area contributed by atoms with E-state index in [-0.39, 0.29) is 0 Å². The van der Waals surface area contributed by atoms with E-state index in [4.69, 9.17) is 4.74 Å². The van der Waals surface area contributed by atoms with E-state index in [1.54, 1.807) is 18.4 Å². The Morgan fingerprint density at radius 3 is 2.73 bits per heavy atom. The second-order valence-electron chi connectivity index (χ2n) is 3.53. The number of ketones is 1. The second kappa shape index (κ2) is 6.75. The van der Waals surface area contributed by atoms with Gasteiger partial charge in [0.2, 0.25) is 0 Å². The third-order valence-corrected chi connectivity index (χ3v) is 3.47. The van der Waals surface area contributed by atoms with Crippen molar-refractivity contribution in [3.63, 3.8) is 0 Å². The molecule has 0 atom stereocenters. The molecule has 15 heavy (non-hydrogen) atoms. The summed E-state index contributed by atoms with van der Waals surface area (Å²) in [5.74, 6) is 0.316. The average Bonchev–Trinajstić information content (AvgIpc) is 2.66. The third-order valence-electron chi connectivity index (χ3n) is 2.24. The van der Waals surface area contributed by atoms with Crippen molar-refractivity contribution in [2.45, 2.75) is 32.6 Å². The SMILES string of the molecule is CCc1ccc(CC(=O)CCCOC)s1. The second-order valence-corrected chi connectivity index (χ2v) is 4.79. The van der Waals surface area contributed by atoms with Gasteiger partial charge in [-0.05, 0) is 25.0 Å². The fraction of sp³-hybridized carbons (Fsp3) is 0.583. The first-order valence-corrected chi connectivity index (χ1v) is 6.16. The molecule has 1 rings (SSSR count). The molecule has 0 saturated carbocycles. The average molecular weight is 226 g/mol. The van der Waals surface area contributed by atoms with Gasteiger partial charge in [-0.25, -0.2) is 0 Å². The highest BCUT2D eigenvalue weighted by Crippen LogP contribution is 2.18. The Labute approximate surface area is 95.3 Å². The summed E-state index contributed by atoms with van der Waals surface area (Å²) in [6, 6.07) is 4.18. The zero-order valence-corrected chi connectivity index (χ0v) is 10.2. The first-order valence-electron chi connectivity index (χ1n) is 5.34. The number of hydrogen-bond acceptors (Lipinski definition) is 3. The van der Waals surface area contributed by atoms with E-state index in [2.05, 4.69) is 19.1 Å². The number of methoxy groups -OCH3 is 1. The molecule has 1 aromatic heterocycles. The zero-order valence-electron chi connectivity index (χ0n) is 9.41. The quantitative estimate of drug-likeness (QED) is 0.668. The van der Waals surface area contributed by atoms with Gasteiger partial charge in [-0.15, -0.1) is 11.3 Å². The van der Waals surface area contributed by atoms with Crippen LogP contribution in [0.3, 0.4) is 0 Å². The number of carbonyl (C=O) groups excluding carboxylic acids is 1. The van der Waals surface area contributed by atoms with Crippen molar-refractivity contribution < 1.29 is 9.53 Å². The van der Waals surface area contributed by atoms with E-state index in [1.807, 2.05) is 0 Å². The van der Waals surface area contributed by atoms with Crippen LogP contribution in [0.4, 0.5) is 0 Å². The molecule has 1 heterocycles. The van der Waals surface area contributed by atoms with E-state index in [0.717, 1.165) is 12.8 Å². The minimum Gasteiger partial charge on any atom is -0.385 e. The van der Waals surface area contributed by atoms with Crippen LogP contribution in [0.25, 0.3) is 0 Å². The van der Waals surface area contributed by atoms with Crippen molar-refractivity contribution in [2.75, 3.05) is 13.7 Å². The molecule has 0 N–H and O–H groups in total. The van der Waals surface area contributed by atoms with Crippen LogP contribution in [0.2, 0.25) is 0 Å². The van der Waals surface area contributed by atoms with Crippen molar-refractivity contribution >= 4 is 17.1 Å². The normalized spacial score (nSPS) is 10.5. The van der Waals surface area contributed by atoms with Crippen molar-refractivity contribution in [3.05, 3.63) is 21.9 Å². The Morgan fingerprint density at radius 2 is 2.13 bits per heavy atom. The van der Waals surface area contributed by atoms with Gasteiger partial charge in [-0.3, -0.25) is 4.79 Å². The van der Waals surface area contributed by atoms with Gasteiger partial charge < -0.3 is 4.74 Å². The van der Waals surface area contributed by atoms with Crippen LogP contribution in [-0.4, -0.2) is 19.5 Å². The minimum absolute atomic E-state index is 0.316. The molecule has 0 aromatic carbocycles. The van der Waals surface area contributed by atoms with Crippen LogP contribution >= 0.6 is 11.3 Å². The minimum atomic E-state index is 0.316. The highest BCUT2D eigenvalue weighted by molar-refractivity contribution is 7.12. The lowest BCUT2D eigenvalue weighted by Gasteiger charge is -1.98. The van der Waals surface area contributed by atoms with Gasteiger partial charge in [-0.2, -0.15) is 0 Å². The maximum atomic E-state index is 11.5. The molecular weight excluding hydrogens is 208 g/mol. The van der Waals surface area contributed by atoms with Gasteiger partial charge >= 0.3 is 0 Å². The topological polar surface area (TPSA) is 26.3 Å². The number of thiophene rings is 1. The van der Waals surface area contributed by atoms with Crippen LogP contribution in [0.5, 0.6) is 0 Å². The molecule has 84 valence electrons. The van der Waals surface area contributed by atoms with E-state index in [0.29, 0.717) is 25.2 Å². The fourth-order valence-corrected chi connectivity index (χ4v) is 2.39. The van der Waals surface area contributed by atoms with E-state index in [1.165, 1.54) is 9.75 Å². The van der Waals surface area contributed by atoms with Crippen molar-refractivity contribution in [1.29, 1.82) is 0 Å². The summed E-state index contributed by atoms with van der Waals surface area (Å²) in [7, 11) is 1.66. The maximum Gasteiger partial charge on any atom is 0.138 e. The van der Waals surface area contributed by atoms with Crippen LogP contribution in [0, 0.1) is 0 Å². The summed E-state index contributed by atoms with van der Waals surface area (Å²) in [4.78, 5) is 14.1. The van der Waals surface area contributed by atoms with E-state index >= 15 is 0 Å². The maximum absolute atomic E-state index is 11.5. The Kier molecular flexibility index (Phi) is 5.58. The van der Waals surface area contributed by atoms with Crippen LogP contribution < -0.4 is 0 Å². The molecule has 0 spiro atoms. The Balaban J connectivity index is 2.31.